The fourth-order valence-corrected chi connectivity index (χ4v) is 8.44. The highest BCUT2D eigenvalue weighted by molar-refractivity contribution is 7.92. The number of amides is 1. The van der Waals surface area contributed by atoms with Crippen LogP contribution in [0.1, 0.15) is 41.7 Å². The molecule has 7 nitrogen and oxygen atoms in total. The molecule has 0 saturated heterocycles. The molecule has 3 N–H and O–H groups in total. The zero-order valence-electron chi connectivity index (χ0n) is 20.7. The molecule has 1 aromatic heterocycles. The number of sulfone groups is 1. The minimum Gasteiger partial charge on any atom is -0.390 e. The van der Waals surface area contributed by atoms with Gasteiger partial charge in [0.05, 0.1) is 26.9 Å². The maximum Gasteiger partial charge on any atom is 0.255 e. The van der Waals surface area contributed by atoms with E-state index in [2.05, 4.69) is 10.3 Å². The van der Waals surface area contributed by atoms with Gasteiger partial charge in [0.1, 0.15) is 0 Å². The van der Waals surface area contributed by atoms with Gasteiger partial charge < -0.3 is 15.5 Å². The summed E-state index contributed by atoms with van der Waals surface area (Å²) < 4.78 is 54.3. The van der Waals surface area contributed by atoms with Gasteiger partial charge in [-0.2, -0.15) is 0 Å². The molecule has 11 heteroatoms. The zero-order chi connectivity index (χ0) is 27.9. The van der Waals surface area contributed by atoms with Crippen LogP contribution in [0.2, 0.25) is 5.02 Å². The lowest BCUT2D eigenvalue weighted by Gasteiger charge is -2.45. The number of carbonyl (C=O) groups excluding carboxylic acids is 1. The summed E-state index contributed by atoms with van der Waals surface area (Å²) in [7, 11) is -4.02. The third-order valence-electron chi connectivity index (χ3n) is 8.05. The molecule has 3 unspecified atom stereocenters. The van der Waals surface area contributed by atoms with E-state index in [-0.39, 0.29) is 40.4 Å². The highest BCUT2D eigenvalue weighted by atomic mass is 35.5. The highest BCUT2D eigenvalue weighted by Gasteiger charge is 2.58. The number of pyridine rings is 1. The fraction of sp³-hybridized carbons (Fsp3) is 0.357. The van der Waals surface area contributed by atoms with Gasteiger partial charge in [0, 0.05) is 35.6 Å². The van der Waals surface area contributed by atoms with Crippen LogP contribution < -0.4 is 5.32 Å². The van der Waals surface area contributed by atoms with Crippen LogP contribution >= 0.6 is 11.6 Å². The van der Waals surface area contributed by atoms with Crippen molar-refractivity contribution in [3.05, 3.63) is 88.7 Å². The van der Waals surface area contributed by atoms with E-state index in [0.29, 0.717) is 18.5 Å². The van der Waals surface area contributed by atoms with Crippen LogP contribution in [0.5, 0.6) is 0 Å². The molecule has 0 radical (unpaired) electrons. The molecule has 0 spiro atoms. The molecule has 2 aliphatic rings. The number of nitrogens with zero attached hydrogens (tertiary/aromatic N) is 1. The van der Waals surface area contributed by atoms with Crippen molar-refractivity contribution in [3.63, 3.8) is 0 Å². The Morgan fingerprint density at radius 3 is 2.44 bits per heavy atom. The van der Waals surface area contributed by atoms with Crippen LogP contribution in [0.15, 0.2) is 65.7 Å². The first-order chi connectivity index (χ1) is 18.5. The quantitative estimate of drug-likeness (QED) is 0.380. The maximum atomic E-state index is 13.8. The predicted molar refractivity (Wildman–Crippen MR) is 141 cm³/mol. The number of anilines is 1. The van der Waals surface area contributed by atoms with E-state index in [0.717, 1.165) is 12.1 Å². The van der Waals surface area contributed by atoms with E-state index in [9.17, 15) is 32.2 Å². The smallest absolute Gasteiger partial charge is 0.255 e. The number of benzene rings is 2. The largest absolute Gasteiger partial charge is 0.390 e. The summed E-state index contributed by atoms with van der Waals surface area (Å²) in [5.74, 6) is -3.79. The molecule has 2 saturated carbocycles. The van der Waals surface area contributed by atoms with Gasteiger partial charge in [-0.1, -0.05) is 17.7 Å². The second-order valence-electron chi connectivity index (χ2n) is 10.3. The number of hydrogen-bond donors (Lipinski definition) is 3. The molecule has 3 aromatic rings. The van der Waals surface area contributed by atoms with E-state index in [1.807, 2.05) is 0 Å². The Hall–Kier alpha value is -2.92. The van der Waals surface area contributed by atoms with Gasteiger partial charge >= 0.3 is 0 Å². The molecule has 39 heavy (non-hydrogen) atoms. The summed E-state index contributed by atoms with van der Waals surface area (Å²) >= 11 is 6.29. The van der Waals surface area contributed by atoms with Crippen molar-refractivity contribution in [2.45, 2.75) is 54.0 Å². The van der Waals surface area contributed by atoms with Crippen LogP contribution in [0, 0.1) is 23.5 Å². The third kappa shape index (κ3) is 5.18. The van der Waals surface area contributed by atoms with Crippen LogP contribution in [0.4, 0.5) is 14.5 Å². The molecular formula is C28H27ClF2N2O5S. The standard InChI is InChI=1S/C28H27ClF2N2O5S/c29-22-8-4-16(27(35)33-20-7-9-23(30)24(31)14-20)11-25(22)39(37,38)21-12-17-5-6-18(13-21)28(17,36)26(34)15-19-3-1-2-10-32-19/h1-4,7-11,14,17-18,21,26,34,36H,5-6,12-13,15H2,(H,33,35)/t17?,18?,21-,26?,28-. The number of halogens is 3. The predicted octanol–water partition coefficient (Wildman–Crippen LogP) is 4.56. The van der Waals surface area contributed by atoms with Crippen LogP contribution in [-0.4, -0.2) is 46.5 Å². The second-order valence-corrected chi connectivity index (χ2v) is 12.9. The van der Waals surface area contributed by atoms with E-state index < -0.39 is 56.2 Å². The van der Waals surface area contributed by atoms with Crippen molar-refractivity contribution in [2.75, 3.05) is 5.32 Å². The van der Waals surface area contributed by atoms with Gasteiger partial charge in [-0.3, -0.25) is 9.78 Å². The first-order valence-electron chi connectivity index (χ1n) is 12.6. The minimum atomic E-state index is -4.02. The molecular weight excluding hydrogens is 550 g/mol. The van der Waals surface area contributed by atoms with Crippen molar-refractivity contribution in [3.8, 4) is 0 Å². The molecule has 5 rings (SSSR count). The molecule has 1 heterocycles. The van der Waals surface area contributed by atoms with Crippen molar-refractivity contribution >= 4 is 33.0 Å². The molecule has 2 aliphatic carbocycles. The van der Waals surface area contributed by atoms with Gasteiger partial charge in [0.25, 0.3) is 5.91 Å². The van der Waals surface area contributed by atoms with Gasteiger partial charge in [-0.25, -0.2) is 17.2 Å². The van der Waals surface area contributed by atoms with Crippen LogP contribution in [0.25, 0.3) is 0 Å². The van der Waals surface area contributed by atoms with Crippen LogP contribution in [-0.2, 0) is 16.3 Å². The van der Waals surface area contributed by atoms with E-state index in [1.54, 1.807) is 24.4 Å². The number of hydrogen-bond acceptors (Lipinski definition) is 6. The second kappa shape index (κ2) is 10.6. The Bertz CT molecular complexity index is 1490. The molecule has 0 aliphatic heterocycles. The molecule has 1 amide bonds. The summed E-state index contributed by atoms with van der Waals surface area (Å²) in [5, 5.41) is 24.1. The Labute approximate surface area is 229 Å². The number of aliphatic hydroxyl groups excluding tert-OH is 1. The van der Waals surface area contributed by atoms with E-state index in [1.165, 1.54) is 24.3 Å². The summed E-state index contributed by atoms with van der Waals surface area (Å²) in [6.45, 7) is 0. The van der Waals surface area contributed by atoms with Gasteiger partial charge in [0.2, 0.25) is 0 Å². The monoisotopic (exact) mass is 576 g/mol. The van der Waals surface area contributed by atoms with E-state index in [4.69, 9.17) is 11.6 Å². The molecule has 2 bridgehead atoms. The average molecular weight is 577 g/mol. The minimum absolute atomic E-state index is 0.00524. The summed E-state index contributed by atoms with van der Waals surface area (Å²) in [6.07, 6.45) is 2.10. The van der Waals surface area contributed by atoms with Gasteiger partial charge in [-0.05, 0) is 80.0 Å². The first kappa shape index (κ1) is 27.6. The van der Waals surface area contributed by atoms with E-state index >= 15 is 0 Å². The Balaban J connectivity index is 1.35. The normalized spacial score (nSPS) is 25.3. The number of aliphatic hydroxyl groups is 2. The summed E-state index contributed by atoms with van der Waals surface area (Å²) in [4.78, 5) is 16.8. The van der Waals surface area contributed by atoms with Crippen molar-refractivity contribution in [1.82, 2.24) is 4.98 Å². The molecule has 3 atom stereocenters. The fourth-order valence-electron chi connectivity index (χ4n) is 6.04. The third-order valence-corrected chi connectivity index (χ3v) is 10.7. The van der Waals surface area contributed by atoms with Crippen molar-refractivity contribution in [1.29, 1.82) is 0 Å². The zero-order valence-corrected chi connectivity index (χ0v) is 22.3. The number of carbonyl (C=O) groups is 1. The number of nitrogens with one attached hydrogen (secondary N) is 1. The molecule has 206 valence electrons. The lowest BCUT2D eigenvalue weighted by atomic mass is 9.70. The van der Waals surface area contributed by atoms with Crippen LogP contribution in [0.3, 0.4) is 0 Å². The lowest BCUT2D eigenvalue weighted by molar-refractivity contribution is -0.141. The number of rotatable bonds is 7. The Morgan fingerprint density at radius 1 is 1.08 bits per heavy atom. The highest BCUT2D eigenvalue weighted by Crippen LogP contribution is 2.54. The molecule has 2 aromatic carbocycles. The Kier molecular flexibility index (Phi) is 7.49. The topological polar surface area (TPSA) is 117 Å². The summed E-state index contributed by atoms with van der Waals surface area (Å²) in [5.41, 5.74) is -0.813. The first-order valence-corrected chi connectivity index (χ1v) is 14.5. The maximum absolute atomic E-state index is 13.8. The summed E-state index contributed by atoms with van der Waals surface area (Å²) in [6, 6.07) is 12.0. The Morgan fingerprint density at radius 2 is 1.79 bits per heavy atom. The van der Waals surface area contributed by atoms with Gasteiger partial charge in [-0.15, -0.1) is 0 Å². The number of fused-ring (bicyclic) bond motifs is 2. The lowest BCUT2D eigenvalue weighted by Crippen LogP contribution is -2.56. The van der Waals surface area contributed by atoms with Crippen molar-refractivity contribution < 1.29 is 32.2 Å². The average Bonchev–Trinajstić information content (AvgIpc) is 3.07. The SMILES string of the molecule is O=C(Nc1ccc(F)c(F)c1)c1ccc(Cl)c(S(=O)(=O)[C@H]2CC3CCC(C2)[C@]3(O)C(O)Cc2ccccn2)c1. The van der Waals surface area contributed by atoms with Gasteiger partial charge in [0.15, 0.2) is 21.5 Å². The molecule has 2 fully saturated rings. The number of aromatic nitrogens is 1. The van der Waals surface area contributed by atoms with Crippen molar-refractivity contribution in [2.24, 2.45) is 11.8 Å².